The smallest absolute Gasteiger partial charge is 0.0111 e. The van der Waals surface area contributed by atoms with Gasteiger partial charge in [-0.15, -0.1) is 0 Å². The van der Waals surface area contributed by atoms with Gasteiger partial charge >= 0.3 is 0 Å². The van der Waals surface area contributed by atoms with E-state index in [2.05, 4.69) is 22.6 Å². The van der Waals surface area contributed by atoms with Crippen LogP contribution in [0.5, 0.6) is 0 Å². The number of nitrogens with one attached hydrogen (secondary N) is 2. The molecule has 1 saturated carbocycles. The van der Waals surface area contributed by atoms with Crippen LogP contribution in [-0.2, 0) is 0 Å². The molecule has 1 saturated heterocycles. The third-order valence-corrected chi connectivity index (χ3v) is 3.72. The molecule has 0 amide bonds. The topological polar surface area (TPSA) is 27.3 Å². The minimum absolute atomic E-state index is 0.767. The standard InChI is InChI=1S/C11H23N3/c1-12-10-3-2-4-11(9-10)14-7-5-13-6-8-14/h10-13H,2-9H2,1H3. The first-order valence-corrected chi connectivity index (χ1v) is 6.02. The van der Waals surface area contributed by atoms with E-state index in [0.29, 0.717) is 0 Å². The van der Waals surface area contributed by atoms with Crippen molar-refractivity contribution in [2.75, 3.05) is 33.2 Å². The summed E-state index contributed by atoms with van der Waals surface area (Å²) in [6, 6.07) is 1.62. The molecule has 0 aromatic heterocycles. The predicted molar refractivity (Wildman–Crippen MR) is 59.5 cm³/mol. The molecule has 0 radical (unpaired) electrons. The largest absolute Gasteiger partial charge is 0.317 e. The van der Waals surface area contributed by atoms with Gasteiger partial charge in [-0.05, 0) is 26.3 Å². The molecule has 1 heterocycles. The fourth-order valence-corrected chi connectivity index (χ4v) is 2.81. The van der Waals surface area contributed by atoms with Crippen LogP contribution in [0.4, 0.5) is 0 Å². The Kier molecular flexibility index (Phi) is 3.79. The highest BCUT2D eigenvalue weighted by Gasteiger charge is 2.26. The lowest BCUT2D eigenvalue weighted by atomic mass is 9.90. The van der Waals surface area contributed by atoms with Gasteiger partial charge in [0.05, 0.1) is 0 Å². The third-order valence-electron chi connectivity index (χ3n) is 3.72. The molecular weight excluding hydrogens is 174 g/mol. The molecule has 1 aliphatic carbocycles. The fourth-order valence-electron chi connectivity index (χ4n) is 2.81. The molecule has 0 spiro atoms. The number of nitrogens with zero attached hydrogens (tertiary/aromatic N) is 1. The van der Waals surface area contributed by atoms with Gasteiger partial charge in [-0.25, -0.2) is 0 Å². The maximum Gasteiger partial charge on any atom is 0.0111 e. The van der Waals surface area contributed by atoms with Crippen LogP contribution in [0.15, 0.2) is 0 Å². The molecule has 3 heteroatoms. The van der Waals surface area contributed by atoms with Crippen molar-refractivity contribution in [3.8, 4) is 0 Å². The van der Waals surface area contributed by atoms with Gasteiger partial charge in [0.15, 0.2) is 0 Å². The van der Waals surface area contributed by atoms with Crippen molar-refractivity contribution in [2.45, 2.75) is 37.8 Å². The molecule has 2 rings (SSSR count). The first kappa shape index (κ1) is 10.4. The molecule has 3 nitrogen and oxygen atoms in total. The first-order valence-electron chi connectivity index (χ1n) is 6.02. The Balaban J connectivity index is 1.83. The Morgan fingerprint density at radius 1 is 1.21 bits per heavy atom. The summed E-state index contributed by atoms with van der Waals surface area (Å²) in [6.07, 6.45) is 5.55. The molecule has 2 N–H and O–H groups in total. The van der Waals surface area contributed by atoms with Crippen LogP contribution in [0.3, 0.4) is 0 Å². The van der Waals surface area contributed by atoms with Gasteiger partial charge < -0.3 is 10.6 Å². The zero-order valence-corrected chi connectivity index (χ0v) is 9.26. The van der Waals surface area contributed by atoms with E-state index in [-0.39, 0.29) is 0 Å². The van der Waals surface area contributed by atoms with Gasteiger partial charge in [-0.2, -0.15) is 0 Å². The molecule has 2 fully saturated rings. The Hall–Kier alpha value is -0.120. The summed E-state index contributed by atoms with van der Waals surface area (Å²) in [4.78, 5) is 2.68. The van der Waals surface area contributed by atoms with E-state index < -0.39 is 0 Å². The van der Waals surface area contributed by atoms with E-state index in [0.717, 1.165) is 12.1 Å². The normalized spacial score (nSPS) is 35.8. The summed E-state index contributed by atoms with van der Waals surface area (Å²) in [5, 5.41) is 6.85. The maximum atomic E-state index is 3.43. The second kappa shape index (κ2) is 5.10. The Morgan fingerprint density at radius 2 is 2.00 bits per heavy atom. The molecule has 2 atom stereocenters. The van der Waals surface area contributed by atoms with Crippen molar-refractivity contribution in [1.82, 2.24) is 15.5 Å². The summed E-state index contributed by atoms with van der Waals surface area (Å²) < 4.78 is 0. The Morgan fingerprint density at radius 3 is 2.71 bits per heavy atom. The highest BCUT2D eigenvalue weighted by Crippen LogP contribution is 2.23. The van der Waals surface area contributed by atoms with E-state index in [4.69, 9.17) is 0 Å². The molecule has 0 aromatic carbocycles. The maximum absolute atomic E-state index is 3.43. The minimum Gasteiger partial charge on any atom is -0.317 e. The van der Waals surface area contributed by atoms with Crippen LogP contribution < -0.4 is 10.6 Å². The summed E-state index contributed by atoms with van der Waals surface area (Å²) in [7, 11) is 2.10. The average molecular weight is 197 g/mol. The van der Waals surface area contributed by atoms with Crippen LogP contribution in [0, 0.1) is 0 Å². The van der Waals surface area contributed by atoms with Crippen molar-refractivity contribution in [3.05, 3.63) is 0 Å². The van der Waals surface area contributed by atoms with E-state index in [1.54, 1.807) is 0 Å². The van der Waals surface area contributed by atoms with Gasteiger partial charge in [-0.1, -0.05) is 6.42 Å². The van der Waals surface area contributed by atoms with Crippen LogP contribution in [0.1, 0.15) is 25.7 Å². The fraction of sp³-hybridized carbons (Fsp3) is 1.00. The molecule has 0 bridgehead atoms. The van der Waals surface area contributed by atoms with Crippen LogP contribution in [-0.4, -0.2) is 50.2 Å². The lowest BCUT2D eigenvalue weighted by Crippen LogP contribution is -2.51. The van der Waals surface area contributed by atoms with Gasteiger partial charge in [-0.3, -0.25) is 4.90 Å². The van der Waals surface area contributed by atoms with E-state index >= 15 is 0 Å². The minimum atomic E-state index is 0.767. The predicted octanol–water partition coefficient (Wildman–Crippen LogP) is 0.422. The van der Waals surface area contributed by atoms with Gasteiger partial charge in [0.1, 0.15) is 0 Å². The molecule has 2 unspecified atom stereocenters. The molecule has 2 aliphatic rings. The molecule has 82 valence electrons. The summed E-state index contributed by atoms with van der Waals surface area (Å²) in [6.45, 7) is 4.86. The van der Waals surface area contributed by atoms with Gasteiger partial charge in [0.25, 0.3) is 0 Å². The van der Waals surface area contributed by atoms with Crippen molar-refractivity contribution in [3.63, 3.8) is 0 Å². The Bertz CT molecular complexity index is 166. The van der Waals surface area contributed by atoms with Crippen molar-refractivity contribution < 1.29 is 0 Å². The van der Waals surface area contributed by atoms with Crippen LogP contribution in [0.2, 0.25) is 0 Å². The highest BCUT2D eigenvalue weighted by atomic mass is 15.2. The van der Waals surface area contributed by atoms with Crippen LogP contribution >= 0.6 is 0 Å². The molecule has 1 aliphatic heterocycles. The monoisotopic (exact) mass is 197 g/mol. The summed E-state index contributed by atoms with van der Waals surface area (Å²) in [5.74, 6) is 0. The molecule has 0 aromatic rings. The molecule has 14 heavy (non-hydrogen) atoms. The van der Waals surface area contributed by atoms with E-state index in [9.17, 15) is 0 Å². The average Bonchev–Trinajstić information content (AvgIpc) is 2.30. The number of rotatable bonds is 2. The lowest BCUT2D eigenvalue weighted by molar-refractivity contribution is 0.126. The first-order chi connectivity index (χ1) is 6.90. The quantitative estimate of drug-likeness (QED) is 0.672. The van der Waals surface area contributed by atoms with Crippen molar-refractivity contribution in [1.29, 1.82) is 0 Å². The molecular formula is C11H23N3. The lowest BCUT2D eigenvalue weighted by Gasteiger charge is -2.39. The van der Waals surface area contributed by atoms with Crippen molar-refractivity contribution in [2.24, 2.45) is 0 Å². The summed E-state index contributed by atoms with van der Waals surface area (Å²) in [5.41, 5.74) is 0. The second-order valence-corrected chi connectivity index (χ2v) is 4.59. The SMILES string of the molecule is CNC1CCCC(N2CCNCC2)C1. The van der Waals surface area contributed by atoms with E-state index in [1.807, 2.05) is 0 Å². The summed E-state index contributed by atoms with van der Waals surface area (Å²) >= 11 is 0. The van der Waals surface area contributed by atoms with Gasteiger partial charge in [0, 0.05) is 38.3 Å². The van der Waals surface area contributed by atoms with E-state index in [1.165, 1.54) is 51.9 Å². The number of hydrogen-bond donors (Lipinski definition) is 2. The number of piperazine rings is 1. The highest BCUT2D eigenvalue weighted by molar-refractivity contribution is 4.85. The second-order valence-electron chi connectivity index (χ2n) is 4.59. The van der Waals surface area contributed by atoms with Crippen LogP contribution in [0.25, 0.3) is 0 Å². The third kappa shape index (κ3) is 2.47. The zero-order valence-electron chi connectivity index (χ0n) is 9.26. The number of hydrogen-bond acceptors (Lipinski definition) is 3. The Labute approximate surface area is 87.2 Å². The van der Waals surface area contributed by atoms with Gasteiger partial charge in [0.2, 0.25) is 0 Å². The zero-order chi connectivity index (χ0) is 9.80. The van der Waals surface area contributed by atoms with Crippen molar-refractivity contribution >= 4 is 0 Å².